The first kappa shape index (κ1) is 18.3. The zero-order valence-corrected chi connectivity index (χ0v) is 16.2. The molecule has 0 radical (unpaired) electrons. The van der Waals surface area contributed by atoms with E-state index in [0.29, 0.717) is 36.9 Å². The Morgan fingerprint density at radius 2 is 1.92 bits per heavy atom. The SMILES string of the molecule is Cc1ccsc1S(=O)(=O)N1CC[C@@H]2CN(S(C)(=O)=O)CCO[C@@H]2C1. The van der Waals surface area contributed by atoms with Crippen LogP contribution in [0, 0.1) is 12.8 Å². The van der Waals surface area contributed by atoms with Crippen LogP contribution in [-0.2, 0) is 24.8 Å². The van der Waals surface area contributed by atoms with Crippen molar-refractivity contribution in [3.8, 4) is 0 Å². The van der Waals surface area contributed by atoms with Crippen LogP contribution in [0.15, 0.2) is 15.7 Å². The van der Waals surface area contributed by atoms with E-state index in [-0.39, 0.29) is 18.6 Å². The van der Waals surface area contributed by atoms with Crippen molar-refractivity contribution in [2.24, 2.45) is 5.92 Å². The molecule has 2 fully saturated rings. The topological polar surface area (TPSA) is 84.0 Å². The van der Waals surface area contributed by atoms with Gasteiger partial charge in [0.25, 0.3) is 10.0 Å². The largest absolute Gasteiger partial charge is 0.375 e. The molecule has 0 unspecified atom stereocenters. The number of piperidine rings is 1. The van der Waals surface area contributed by atoms with Gasteiger partial charge in [-0.25, -0.2) is 16.8 Å². The zero-order valence-electron chi connectivity index (χ0n) is 13.7. The van der Waals surface area contributed by atoms with Gasteiger partial charge < -0.3 is 4.74 Å². The summed E-state index contributed by atoms with van der Waals surface area (Å²) >= 11 is 1.23. The lowest BCUT2D eigenvalue weighted by Crippen LogP contribution is -2.49. The minimum absolute atomic E-state index is 0.0260. The van der Waals surface area contributed by atoms with Crippen molar-refractivity contribution in [3.63, 3.8) is 0 Å². The Balaban J connectivity index is 1.77. The molecular weight excluding hydrogens is 372 g/mol. The molecule has 10 heteroatoms. The molecule has 0 bridgehead atoms. The number of aryl methyl sites for hydroxylation is 1. The summed E-state index contributed by atoms with van der Waals surface area (Å²) in [5, 5.41) is 1.78. The summed E-state index contributed by atoms with van der Waals surface area (Å²) in [5.41, 5.74) is 0.757. The highest BCUT2D eigenvalue weighted by atomic mass is 32.2. The Bertz CT molecular complexity index is 802. The highest BCUT2D eigenvalue weighted by Gasteiger charge is 2.40. The van der Waals surface area contributed by atoms with Crippen molar-refractivity contribution in [2.45, 2.75) is 23.7 Å². The third-order valence-corrected chi connectivity index (χ3v) is 9.43. The predicted molar refractivity (Wildman–Crippen MR) is 92.1 cm³/mol. The van der Waals surface area contributed by atoms with Gasteiger partial charge in [-0.05, 0) is 30.4 Å². The van der Waals surface area contributed by atoms with Crippen molar-refractivity contribution in [1.82, 2.24) is 8.61 Å². The highest BCUT2D eigenvalue weighted by Crippen LogP contribution is 2.31. The van der Waals surface area contributed by atoms with Crippen LogP contribution in [-0.4, -0.2) is 70.6 Å². The van der Waals surface area contributed by atoms with E-state index in [2.05, 4.69) is 0 Å². The lowest BCUT2D eigenvalue weighted by molar-refractivity contribution is -0.00181. The van der Waals surface area contributed by atoms with Gasteiger partial charge >= 0.3 is 0 Å². The molecule has 0 saturated carbocycles. The zero-order chi connectivity index (χ0) is 17.5. The summed E-state index contributed by atoms with van der Waals surface area (Å²) in [7, 11) is -6.77. The summed E-state index contributed by atoms with van der Waals surface area (Å²) in [4.78, 5) is 0. The summed E-state index contributed by atoms with van der Waals surface area (Å²) in [6.07, 6.45) is 1.54. The number of fused-ring (bicyclic) bond motifs is 1. The Morgan fingerprint density at radius 3 is 2.54 bits per heavy atom. The van der Waals surface area contributed by atoms with Crippen LogP contribution >= 0.6 is 11.3 Å². The van der Waals surface area contributed by atoms with Crippen LogP contribution in [0.2, 0.25) is 0 Å². The molecule has 24 heavy (non-hydrogen) atoms. The minimum atomic E-state index is -3.51. The number of hydrogen-bond donors (Lipinski definition) is 0. The monoisotopic (exact) mass is 394 g/mol. The lowest BCUT2D eigenvalue weighted by atomic mass is 9.95. The van der Waals surface area contributed by atoms with E-state index in [9.17, 15) is 16.8 Å². The Morgan fingerprint density at radius 1 is 1.17 bits per heavy atom. The fourth-order valence-corrected chi connectivity index (χ4v) is 7.14. The number of ether oxygens (including phenoxy) is 1. The maximum Gasteiger partial charge on any atom is 0.252 e. The second kappa shape index (κ2) is 6.65. The number of thiophene rings is 1. The number of nitrogens with zero attached hydrogens (tertiary/aromatic N) is 2. The molecule has 0 N–H and O–H groups in total. The molecule has 0 aliphatic carbocycles. The Labute approximate surface area is 147 Å². The fourth-order valence-electron chi connectivity index (χ4n) is 3.25. The third kappa shape index (κ3) is 3.54. The van der Waals surface area contributed by atoms with Crippen LogP contribution in [0.5, 0.6) is 0 Å². The average Bonchev–Trinajstić information content (AvgIpc) is 2.81. The smallest absolute Gasteiger partial charge is 0.252 e. The molecule has 2 atom stereocenters. The van der Waals surface area contributed by atoms with Gasteiger partial charge in [-0.3, -0.25) is 0 Å². The Kier molecular flexibility index (Phi) is 5.07. The van der Waals surface area contributed by atoms with Crippen molar-refractivity contribution >= 4 is 31.4 Å². The standard InChI is InChI=1S/C14H22N2O5S3/c1-11-4-8-22-14(11)24(19,20)16-5-3-12-9-15(23(2,17)18)6-7-21-13(12)10-16/h4,8,12-13H,3,5-7,9-10H2,1-2H3/t12-,13-/m1/s1. The van der Waals surface area contributed by atoms with Crippen molar-refractivity contribution < 1.29 is 21.6 Å². The summed E-state index contributed by atoms with van der Waals surface area (Å²) in [6, 6.07) is 1.80. The number of sulfonamides is 2. The van der Waals surface area contributed by atoms with Gasteiger partial charge in [-0.1, -0.05) is 0 Å². The van der Waals surface area contributed by atoms with Crippen molar-refractivity contribution in [3.05, 3.63) is 17.0 Å². The molecule has 2 saturated heterocycles. The van der Waals surface area contributed by atoms with Gasteiger partial charge in [0.15, 0.2) is 0 Å². The van der Waals surface area contributed by atoms with E-state index in [1.165, 1.54) is 26.2 Å². The van der Waals surface area contributed by atoms with Gasteiger partial charge in [0.1, 0.15) is 4.21 Å². The quantitative estimate of drug-likeness (QED) is 0.755. The van der Waals surface area contributed by atoms with Gasteiger partial charge in [-0.15, -0.1) is 11.3 Å². The van der Waals surface area contributed by atoms with Crippen LogP contribution in [0.25, 0.3) is 0 Å². The summed E-state index contributed by atoms with van der Waals surface area (Å²) < 4.78 is 58.3. The maximum atomic E-state index is 12.8. The van der Waals surface area contributed by atoms with E-state index < -0.39 is 20.0 Å². The first-order valence-corrected chi connectivity index (χ1v) is 12.0. The molecular formula is C14H22N2O5S3. The molecule has 0 spiro atoms. The molecule has 3 rings (SSSR count). The lowest BCUT2D eigenvalue weighted by Gasteiger charge is -2.36. The van der Waals surface area contributed by atoms with Gasteiger partial charge in [0, 0.05) is 32.1 Å². The van der Waals surface area contributed by atoms with Crippen LogP contribution < -0.4 is 0 Å². The van der Waals surface area contributed by atoms with Crippen LogP contribution in [0.3, 0.4) is 0 Å². The van der Waals surface area contributed by atoms with E-state index in [1.54, 1.807) is 18.4 Å². The average molecular weight is 395 g/mol. The molecule has 2 aliphatic rings. The van der Waals surface area contributed by atoms with Gasteiger partial charge in [0.2, 0.25) is 10.0 Å². The predicted octanol–water partition coefficient (Wildman–Crippen LogP) is 0.728. The number of hydrogen-bond acceptors (Lipinski definition) is 6. The minimum Gasteiger partial charge on any atom is -0.375 e. The normalized spacial score (nSPS) is 27.6. The second-order valence-electron chi connectivity index (χ2n) is 6.33. The van der Waals surface area contributed by atoms with E-state index in [1.807, 2.05) is 0 Å². The van der Waals surface area contributed by atoms with Crippen LogP contribution in [0.4, 0.5) is 0 Å². The molecule has 136 valence electrons. The maximum absolute atomic E-state index is 12.8. The molecule has 1 aromatic heterocycles. The van der Waals surface area contributed by atoms with Crippen molar-refractivity contribution in [1.29, 1.82) is 0 Å². The molecule has 2 aliphatic heterocycles. The number of rotatable bonds is 3. The molecule has 3 heterocycles. The molecule has 0 amide bonds. The highest BCUT2D eigenvalue weighted by molar-refractivity contribution is 7.91. The molecule has 0 aromatic carbocycles. The third-order valence-electron chi connectivity index (χ3n) is 4.63. The van der Waals surface area contributed by atoms with E-state index in [4.69, 9.17) is 4.74 Å². The molecule has 1 aromatic rings. The summed E-state index contributed by atoms with van der Waals surface area (Å²) in [6.45, 7) is 3.48. The molecule has 7 nitrogen and oxygen atoms in total. The van der Waals surface area contributed by atoms with Crippen molar-refractivity contribution in [2.75, 3.05) is 39.0 Å². The van der Waals surface area contributed by atoms with E-state index >= 15 is 0 Å². The Hall–Kier alpha value is -0.520. The second-order valence-corrected chi connectivity index (χ2v) is 11.4. The fraction of sp³-hybridized carbons (Fsp3) is 0.714. The first-order chi connectivity index (χ1) is 11.2. The van der Waals surface area contributed by atoms with Crippen LogP contribution in [0.1, 0.15) is 12.0 Å². The summed E-state index contributed by atoms with van der Waals surface area (Å²) in [5.74, 6) is 0.0260. The first-order valence-electron chi connectivity index (χ1n) is 7.80. The van der Waals surface area contributed by atoms with Gasteiger partial charge in [-0.2, -0.15) is 8.61 Å². The van der Waals surface area contributed by atoms with E-state index in [0.717, 1.165) is 5.56 Å². The van der Waals surface area contributed by atoms with Gasteiger partial charge in [0.05, 0.1) is 19.0 Å².